The molecular weight excluding hydrogens is 248 g/mol. The van der Waals surface area contributed by atoms with Gasteiger partial charge in [-0.15, -0.1) is 0 Å². The fraction of sp³-hybridized carbons (Fsp3) is 0.385. The Kier molecular flexibility index (Phi) is 2.99. The van der Waals surface area contributed by atoms with Gasteiger partial charge >= 0.3 is 0 Å². The first-order valence-corrected chi connectivity index (χ1v) is 6.88. The number of aryl methyl sites for hydroxylation is 1. The van der Waals surface area contributed by atoms with E-state index in [0.29, 0.717) is 10.7 Å². The highest BCUT2D eigenvalue weighted by molar-refractivity contribution is 8.18. The van der Waals surface area contributed by atoms with Crippen LogP contribution in [0.1, 0.15) is 24.4 Å². The fourth-order valence-corrected chi connectivity index (χ4v) is 3.05. The van der Waals surface area contributed by atoms with Crippen molar-refractivity contribution in [2.24, 2.45) is 4.99 Å². The van der Waals surface area contributed by atoms with Gasteiger partial charge in [0, 0.05) is 19.2 Å². The van der Waals surface area contributed by atoms with Crippen LogP contribution < -0.4 is 0 Å². The second-order valence-corrected chi connectivity index (χ2v) is 5.46. The van der Waals surface area contributed by atoms with Gasteiger partial charge in [0.15, 0.2) is 5.17 Å². The molecule has 1 saturated heterocycles. The molecule has 0 bridgehead atoms. The van der Waals surface area contributed by atoms with Gasteiger partial charge in [0.05, 0.1) is 4.91 Å². The summed E-state index contributed by atoms with van der Waals surface area (Å²) in [6, 6.07) is 3.75. The van der Waals surface area contributed by atoms with Crippen molar-refractivity contribution in [3.8, 4) is 0 Å². The summed E-state index contributed by atoms with van der Waals surface area (Å²) in [6.45, 7) is 3.90. The average Bonchev–Trinajstić information content (AvgIpc) is 3.02. The number of amides is 1. The zero-order valence-corrected chi connectivity index (χ0v) is 11.0. The lowest BCUT2D eigenvalue weighted by Crippen LogP contribution is -2.23. The van der Waals surface area contributed by atoms with Crippen LogP contribution in [0.2, 0.25) is 0 Å². The van der Waals surface area contributed by atoms with Crippen molar-refractivity contribution >= 4 is 28.9 Å². The van der Waals surface area contributed by atoms with Crippen molar-refractivity contribution in [2.75, 3.05) is 13.1 Å². The molecule has 3 heterocycles. The highest BCUT2D eigenvalue weighted by Crippen LogP contribution is 2.31. The van der Waals surface area contributed by atoms with Crippen molar-refractivity contribution in [1.29, 1.82) is 0 Å². The van der Waals surface area contributed by atoms with E-state index in [1.807, 2.05) is 19.1 Å². The van der Waals surface area contributed by atoms with E-state index in [0.717, 1.165) is 24.0 Å². The number of amidine groups is 1. The molecule has 0 aliphatic carbocycles. The number of carbonyl (C=O) groups is 1. The van der Waals surface area contributed by atoms with E-state index in [1.54, 1.807) is 6.08 Å². The van der Waals surface area contributed by atoms with E-state index in [2.05, 4.69) is 9.89 Å². The van der Waals surface area contributed by atoms with Crippen molar-refractivity contribution in [3.05, 3.63) is 28.6 Å². The minimum atomic E-state index is -0.157. The molecule has 4 nitrogen and oxygen atoms in total. The maximum absolute atomic E-state index is 11.8. The normalized spacial score (nSPS) is 22.1. The number of furan rings is 1. The summed E-state index contributed by atoms with van der Waals surface area (Å²) in [6.07, 6.45) is 4.14. The van der Waals surface area contributed by atoms with Crippen molar-refractivity contribution < 1.29 is 9.21 Å². The Balaban J connectivity index is 1.77. The summed E-state index contributed by atoms with van der Waals surface area (Å²) in [5.41, 5.74) is 0. The Labute approximate surface area is 110 Å². The maximum Gasteiger partial charge on any atom is 0.286 e. The second kappa shape index (κ2) is 4.65. The number of hydrogen-bond donors (Lipinski definition) is 0. The van der Waals surface area contributed by atoms with Gasteiger partial charge in [-0.05, 0) is 43.7 Å². The highest BCUT2D eigenvalue weighted by atomic mass is 32.2. The number of carbonyl (C=O) groups excluding carboxylic acids is 1. The molecule has 18 heavy (non-hydrogen) atoms. The molecule has 0 radical (unpaired) electrons. The lowest BCUT2D eigenvalue weighted by Gasteiger charge is -2.14. The number of hydrogen-bond acceptors (Lipinski definition) is 4. The number of thioether (sulfide) groups is 1. The molecule has 2 aliphatic heterocycles. The van der Waals surface area contributed by atoms with Gasteiger partial charge in [0.25, 0.3) is 5.91 Å². The van der Waals surface area contributed by atoms with Crippen LogP contribution in [0.15, 0.2) is 26.4 Å². The molecule has 3 rings (SSSR count). The van der Waals surface area contributed by atoms with Crippen molar-refractivity contribution in [1.82, 2.24) is 4.90 Å². The van der Waals surface area contributed by atoms with E-state index < -0.39 is 0 Å². The highest BCUT2D eigenvalue weighted by Gasteiger charge is 2.27. The lowest BCUT2D eigenvalue weighted by molar-refractivity contribution is -0.113. The number of aliphatic imine (C=N–C) groups is 1. The standard InChI is InChI=1S/C13H14N2O2S/c1-9-4-5-10(17-9)8-11-12(16)14-13(18-11)15-6-2-3-7-15/h4-5,8H,2-3,6-7H2,1H3/b11-8-. The topological polar surface area (TPSA) is 45.8 Å². The minimum absolute atomic E-state index is 0.157. The summed E-state index contributed by atoms with van der Waals surface area (Å²) in [7, 11) is 0. The zero-order valence-electron chi connectivity index (χ0n) is 10.2. The van der Waals surface area contributed by atoms with Crippen LogP contribution in [0, 0.1) is 6.92 Å². The predicted octanol–water partition coefficient (Wildman–Crippen LogP) is 2.65. The number of rotatable bonds is 1. The van der Waals surface area contributed by atoms with Crippen LogP contribution in [-0.4, -0.2) is 29.1 Å². The van der Waals surface area contributed by atoms with Gasteiger partial charge < -0.3 is 9.32 Å². The first-order chi connectivity index (χ1) is 8.72. The first kappa shape index (κ1) is 11.6. The molecule has 94 valence electrons. The predicted molar refractivity (Wildman–Crippen MR) is 72.3 cm³/mol. The quantitative estimate of drug-likeness (QED) is 0.730. The van der Waals surface area contributed by atoms with Crippen LogP contribution >= 0.6 is 11.8 Å². The zero-order chi connectivity index (χ0) is 12.5. The summed E-state index contributed by atoms with van der Waals surface area (Å²) in [4.78, 5) is 18.7. The first-order valence-electron chi connectivity index (χ1n) is 6.06. The third kappa shape index (κ3) is 2.22. The van der Waals surface area contributed by atoms with Crippen LogP contribution in [0.4, 0.5) is 0 Å². The molecule has 1 fully saturated rings. The van der Waals surface area contributed by atoms with Crippen LogP contribution in [0.5, 0.6) is 0 Å². The van der Waals surface area contributed by atoms with Crippen molar-refractivity contribution in [3.63, 3.8) is 0 Å². The van der Waals surface area contributed by atoms with Gasteiger partial charge in [-0.3, -0.25) is 4.79 Å². The van der Waals surface area contributed by atoms with Gasteiger partial charge in [-0.2, -0.15) is 4.99 Å². The van der Waals surface area contributed by atoms with Crippen LogP contribution in [-0.2, 0) is 4.79 Å². The Bertz CT molecular complexity index is 539. The largest absolute Gasteiger partial charge is 0.462 e. The molecule has 0 saturated carbocycles. The third-order valence-electron chi connectivity index (χ3n) is 3.02. The molecule has 1 aromatic rings. The fourth-order valence-electron chi connectivity index (χ4n) is 2.10. The van der Waals surface area contributed by atoms with E-state index >= 15 is 0 Å². The average molecular weight is 262 g/mol. The third-order valence-corrected chi connectivity index (χ3v) is 4.06. The second-order valence-electron chi connectivity index (χ2n) is 4.45. The van der Waals surface area contributed by atoms with E-state index in [-0.39, 0.29) is 5.91 Å². The maximum atomic E-state index is 11.8. The molecule has 1 amide bonds. The molecule has 0 atom stereocenters. The molecule has 1 aromatic heterocycles. The summed E-state index contributed by atoms with van der Waals surface area (Å²) >= 11 is 1.45. The smallest absolute Gasteiger partial charge is 0.286 e. The Morgan fingerprint density at radius 1 is 1.39 bits per heavy atom. The van der Waals surface area contributed by atoms with Crippen LogP contribution in [0.3, 0.4) is 0 Å². The summed E-state index contributed by atoms with van der Waals surface area (Å²) < 4.78 is 5.45. The number of likely N-dealkylation sites (tertiary alicyclic amines) is 1. The molecular formula is C13H14N2O2S. The SMILES string of the molecule is Cc1ccc(/C=C2\SC(N3CCCC3)=NC2=O)o1. The molecule has 0 unspecified atom stereocenters. The Hall–Kier alpha value is -1.49. The Morgan fingerprint density at radius 3 is 2.83 bits per heavy atom. The van der Waals surface area contributed by atoms with Gasteiger partial charge in [0.1, 0.15) is 11.5 Å². The monoisotopic (exact) mass is 262 g/mol. The number of nitrogens with zero attached hydrogens (tertiary/aromatic N) is 2. The van der Waals surface area contributed by atoms with Crippen molar-refractivity contribution in [2.45, 2.75) is 19.8 Å². The van der Waals surface area contributed by atoms with Crippen LogP contribution in [0.25, 0.3) is 6.08 Å². The van der Waals surface area contributed by atoms with Gasteiger partial charge in [0.2, 0.25) is 0 Å². The van der Waals surface area contributed by atoms with E-state index in [1.165, 1.54) is 24.6 Å². The molecule has 0 aromatic carbocycles. The van der Waals surface area contributed by atoms with E-state index in [9.17, 15) is 4.79 Å². The summed E-state index contributed by atoms with van der Waals surface area (Å²) in [5, 5.41) is 0.840. The Morgan fingerprint density at radius 2 is 2.17 bits per heavy atom. The molecule has 5 heteroatoms. The summed E-state index contributed by atoms with van der Waals surface area (Å²) in [5.74, 6) is 1.40. The van der Waals surface area contributed by atoms with E-state index in [4.69, 9.17) is 4.42 Å². The molecule has 0 spiro atoms. The van der Waals surface area contributed by atoms with Gasteiger partial charge in [-0.1, -0.05) is 0 Å². The molecule has 0 N–H and O–H groups in total. The molecule has 2 aliphatic rings. The minimum Gasteiger partial charge on any atom is -0.462 e. The lowest BCUT2D eigenvalue weighted by atomic mass is 10.4. The van der Waals surface area contributed by atoms with Gasteiger partial charge in [-0.25, -0.2) is 0 Å².